The highest BCUT2D eigenvalue weighted by Crippen LogP contribution is 2.25. The van der Waals surface area contributed by atoms with Crippen molar-refractivity contribution in [2.24, 2.45) is 0 Å². The number of hydrogen-bond donors (Lipinski definition) is 1. The first-order chi connectivity index (χ1) is 15.4. The Morgan fingerprint density at radius 1 is 0.812 bits per heavy atom. The summed E-state index contributed by atoms with van der Waals surface area (Å²) >= 11 is 0. The first kappa shape index (κ1) is 20.8. The molecule has 0 bridgehead atoms. The second kappa shape index (κ2) is 8.35. The average Bonchev–Trinajstić information content (AvgIpc) is 2.82. The molecule has 8 nitrogen and oxygen atoms in total. The Balaban J connectivity index is 1.77. The van der Waals surface area contributed by atoms with E-state index in [2.05, 4.69) is 14.8 Å². The Bertz CT molecular complexity index is 1420. The van der Waals surface area contributed by atoms with Crippen LogP contribution in [0.15, 0.2) is 69.9 Å². The standard InChI is InChI=1S/C24H17NO7/c1-30-22(27)14-9-15(23(28)31-2)11-16(10-14)25-21(26)19-12-18-17-6-4-3-5-13(17)7-8-20(18)32-24(19)29/h3-12H,1-2H3,(H,25,26). The molecule has 0 aliphatic rings. The maximum atomic E-state index is 12.9. The predicted octanol–water partition coefficient (Wildman–Crippen LogP) is 3.77. The molecule has 1 heterocycles. The van der Waals surface area contributed by atoms with E-state index in [9.17, 15) is 19.2 Å². The summed E-state index contributed by atoms with van der Waals surface area (Å²) in [6.45, 7) is 0. The van der Waals surface area contributed by atoms with E-state index in [4.69, 9.17) is 4.42 Å². The molecule has 1 aromatic heterocycles. The zero-order valence-electron chi connectivity index (χ0n) is 17.1. The normalized spacial score (nSPS) is 10.7. The second-order valence-corrected chi connectivity index (χ2v) is 6.88. The molecular formula is C24H17NO7. The topological polar surface area (TPSA) is 112 Å². The maximum absolute atomic E-state index is 12.9. The quantitative estimate of drug-likeness (QED) is 0.297. The lowest BCUT2D eigenvalue weighted by molar-refractivity contribution is 0.0599. The number of fused-ring (bicyclic) bond motifs is 3. The van der Waals surface area contributed by atoms with E-state index in [0.29, 0.717) is 11.0 Å². The van der Waals surface area contributed by atoms with Gasteiger partial charge in [0.05, 0.1) is 25.3 Å². The third kappa shape index (κ3) is 3.81. The number of benzene rings is 3. The Hall–Kier alpha value is -4.46. The zero-order valence-corrected chi connectivity index (χ0v) is 17.1. The van der Waals surface area contributed by atoms with Crippen molar-refractivity contribution in [3.8, 4) is 0 Å². The van der Waals surface area contributed by atoms with Crippen LogP contribution in [0.4, 0.5) is 5.69 Å². The van der Waals surface area contributed by atoms with Crippen molar-refractivity contribution >= 4 is 45.3 Å². The minimum atomic E-state index is -0.817. The molecule has 32 heavy (non-hydrogen) atoms. The van der Waals surface area contributed by atoms with Gasteiger partial charge in [0.25, 0.3) is 5.91 Å². The molecule has 1 amide bonds. The molecule has 0 unspecified atom stereocenters. The maximum Gasteiger partial charge on any atom is 0.349 e. The first-order valence-corrected chi connectivity index (χ1v) is 9.50. The Morgan fingerprint density at radius 2 is 1.47 bits per heavy atom. The number of ether oxygens (including phenoxy) is 2. The highest BCUT2D eigenvalue weighted by Gasteiger charge is 2.18. The van der Waals surface area contributed by atoms with Gasteiger partial charge in [-0.05, 0) is 41.1 Å². The zero-order chi connectivity index (χ0) is 22.8. The van der Waals surface area contributed by atoms with Gasteiger partial charge in [-0.3, -0.25) is 4.79 Å². The molecule has 1 N–H and O–H groups in total. The number of carbonyl (C=O) groups is 3. The molecule has 0 spiro atoms. The van der Waals surface area contributed by atoms with Crippen molar-refractivity contribution in [1.82, 2.24) is 0 Å². The number of hydrogen-bond acceptors (Lipinski definition) is 7. The van der Waals surface area contributed by atoms with E-state index in [1.165, 1.54) is 38.5 Å². The molecule has 3 aromatic carbocycles. The minimum absolute atomic E-state index is 0.0299. The molecule has 0 saturated carbocycles. The van der Waals surface area contributed by atoms with Crippen molar-refractivity contribution in [3.63, 3.8) is 0 Å². The van der Waals surface area contributed by atoms with Gasteiger partial charge in [-0.1, -0.05) is 30.3 Å². The lowest BCUT2D eigenvalue weighted by atomic mass is 10.0. The molecule has 8 heteroatoms. The summed E-state index contributed by atoms with van der Waals surface area (Å²) in [5.41, 5.74) is -0.523. The predicted molar refractivity (Wildman–Crippen MR) is 117 cm³/mol. The van der Waals surface area contributed by atoms with Gasteiger partial charge in [0.15, 0.2) is 0 Å². The summed E-state index contributed by atoms with van der Waals surface area (Å²) in [4.78, 5) is 49.3. The van der Waals surface area contributed by atoms with Gasteiger partial charge >= 0.3 is 17.6 Å². The van der Waals surface area contributed by atoms with E-state index in [0.717, 1.165) is 10.8 Å². The number of nitrogens with one attached hydrogen (secondary N) is 1. The highest BCUT2D eigenvalue weighted by atomic mass is 16.5. The van der Waals surface area contributed by atoms with Gasteiger partial charge in [-0.15, -0.1) is 0 Å². The van der Waals surface area contributed by atoms with Gasteiger partial charge in [0.1, 0.15) is 11.1 Å². The van der Waals surface area contributed by atoms with Crippen LogP contribution in [-0.2, 0) is 9.47 Å². The van der Waals surface area contributed by atoms with Crippen LogP contribution in [0.2, 0.25) is 0 Å². The lowest BCUT2D eigenvalue weighted by Gasteiger charge is -2.10. The number of methoxy groups -OCH3 is 2. The smallest absolute Gasteiger partial charge is 0.349 e. The SMILES string of the molecule is COC(=O)c1cc(NC(=O)c2cc3c(ccc4ccccc43)oc2=O)cc(C(=O)OC)c1. The van der Waals surface area contributed by atoms with Crippen molar-refractivity contribution in [2.75, 3.05) is 19.5 Å². The van der Waals surface area contributed by atoms with Crippen molar-refractivity contribution in [3.05, 3.63) is 87.8 Å². The number of esters is 2. The van der Waals surface area contributed by atoms with E-state index in [1.54, 1.807) is 6.07 Å². The molecular weight excluding hydrogens is 414 g/mol. The molecule has 0 aliphatic heterocycles. The average molecular weight is 431 g/mol. The summed E-state index contributed by atoms with van der Waals surface area (Å²) in [5, 5.41) is 4.89. The van der Waals surface area contributed by atoms with E-state index in [-0.39, 0.29) is 22.4 Å². The largest absolute Gasteiger partial charge is 0.465 e. The lowest BCUT2D eigenvalue weighted by Crippen LogP contribution is -2.21. The molecule has 0 saturated heterocycles. The summed E-state index contributed by atoms with van der Waals surface area (Å²) < 4.78 is 14.7. The molecule has 4 rings (SSSR count). The van der Waals surface area contributed by atoms with Gasteiger partial charge < -0.3 is 19.2 Å². The molecule has 4 aromatic rings. The van der Waals surface area contributed by atoms with Crippen LogP contribution in [0.3, 0.4) is 0 Å². The molecule has 160 valence electrons. The number of amides is 1. The Kier molecular flexibility index (Phi) is 5.43. The number of carbonyl (C=O) groups excluding carboxylic acids is 3. The third-order valence-corrected chi connectivity index (χ3v) is 4.92. The second-order valence-electron chi connectivity index (χ2n) is 6.88. The fourth-order valence-corrected chi connectivity index (χ4v) is 3.40. The molecule has 0 radical (unpaired) electrons. The number of rotatable bonds is 4. The fraction of sp³-hybridized carbons (Fsp3) is 0.0833. The Morgan fingerprint density at radius 3 is 2.12 bits per heavy atom. The van der Waals surface area contributed by atoms with Gasteiger partial charge in [-0.25, -0.2) is 14.4 Å². The molecule has 0 fully saturated rings. The fourth-order valence-electron chi connectivity index (χ4n) is 3.40. The summed E-state index contributed by atoms with van der Waals surface area (Å²) in [6, 6.07) is 16.4. The van der Waals surface area contributed by atoms with E-state index < -0.39 is 23.5 Å². The van der Waals surface area contributed by atoms with Crippen LogP contribution in [0.1, 0.15) is 31.1 Å². The highest BCUT2D eigenvalue weighted by molar-refractivity contribution is 6.11. The van der Waals surface area contributed by atoms with Crippen molar-refractivity contribution in [1.29, 1.82) is 0 Å². The Labute approximate surface area is 181 Å². The summed E-state index contributed by atoms with van der Waals surface area (Å²) in [5.74, 6) is -2.17. The monoisotopic (exact) mass is 431 g/mol. The van der Waals surface area contributed by atoms with Crippen LogP contribution < -0.4 is 10.9 Å². The van der Waals surface area contributed by atoms with Gasteiger partial charge in [0.2, 0.25) is 0 Å². The van der Waals surface area contributed by atoms with Crippen LogP contribution in [0.25, 0.3) is 21.7 Å². The van der Waals surface area contributed by atoms with Crippen LogP contribution in [0, 0.1) is 0 Å². The number of anilines is 1. The van der Waals surface area contributed by atoms with E-state index >= 15 is 0 Å². The first-order valence-electron chi connectivity index (χ1n) is 9.50. The van der Waals surface area contributed by atoms with Crippen molar-refractivity contribution < 1.29 is 28.3 Å². The van der Waals surface area contributed by atoms with E-state index in [1.807, 2.05) is 30.3 Å². The van der Waals surface area contributed by atoms with Crippen molar-refractivity contribution in [2.45, 2.75) is 0 Å². The third-order valence-electron chi connectivity index (χ3n) is 4.92. The summed E-state index contributed by atoms with van der Waals surface area (Å²) in [7, 11) is 2.38. The van der Waals surface area contributed by atoms with Crippen LogP contribution >= 0.6 is 0 Å². The van der Waals surface area contributed by atoms with Crippen LogP contribution in [-0.4, -0.2) is 32.1 Å². The summed E-state index contributed by atoms with van der Waals surface area (Å²) in [6.07, 6.45) is 0. The molecule has 0 atom stereocenters. The van der Waals surface area contributed by atoms with Crippen LogP contribution in [0.5, 0.6) is 0 Å². The minimum Gasteiger partial charge on any atom is -0.465 e. The van der Waals surface area contributed by atoms with Gasteiger partial charge in [-0.2, -0.15) is 0 Å². The van der Waals surface area contributed by atoms with Gasteiger partial charge in [0, 0.05) is 11.1 Å². The molecule has 0 aliphatic carbocycles.